The predicted molar refractivity (Wildman–Crippen MR) is 81.2 cm³/mol. The molecule has 1 saturated heterocycles. The first kappa shape index (κ1) is 14.3. The molecule has 0 radical (unpaired) electrons. The summed E-state index contributed by atoms with van der Waals surface area (Å²) in [6.45, 7) is 11.3. The predicted octanol–water partition coefficient (Wildman–Crippen LogP) is 3.36. The van der Waals surface area contributed by atoms with Crippen LogP contribution in [0.25, 0.3) is 0 Å². The molecule has 2 N–H and O–H groups in total. The van der Waals surface area contributed by atoms with Crippen LogP contribution >= 0.6 is 0 Å². The van der Waals surface area contributed by atoms with E-state index in [4.69, 9.17) is 5.73 Å². The van der Waals surface area contributed by atoms with Crippen LogP contribution in [0, 0.1) is 11.3 Å². The van der Waals surface area contributed by atoms with Gasteiger partial charge in [0.25, 0.3) is 0 Å². The van der Waals surface area contributed by atoms with Crippen molar-refractivity contribution in [1.82, 2.24) is 4.98 Å². The maximum atomic E-state index is 5.94. The molecule has 0 aliphatic carbocycles. The molecule has 2 heterocycles. The van der Waals surface area contributed by atoms with Gasteiger partial charge in [0, 0.05) is 25.3 Å². The summed E-state index contributed by atoms with van der Waals surface area (Å²) >= 11 is 0. The van der Waals surface area contributed by atoms with E-state index >= 15 is 0 Å². The van der Waals surface area contributed by atoms with Crippen molar-refractivity contribution in [1.29, 1.82) is 0 Å². The second kappa shape index (κ2) is 5.49. The van der Waals surface area contributed by atoms with E-state index < -0.39 is 0 Å². The zero-order chi connectivity index (χ0) is 14.0. The minimum absolute atomic E-state index is 0.0777. The van der Waals surface area contributed by atoms with Gasteiger partial charge in [0.1, 0.15) is 5.82 Å². The SMILES string of the molecule is C[C@H](N)c1ccnc(N2CCC(C(C)(C)C)CC2)c1. The first-order chi connectivity index (χ1) is 8.88. The Labute approximate surface area is 117 Å². The molecule has 0 bridgehead atoms. The average Bonchev–Trinajstić information content (AvgIpc) is 2.38. The summed E-state index contributed by atoms with van der Waals surface area (Å²) in [7, 11) is 0. The molecule has 1 fully saturated rings. The van der Waals surface area contributed by atoms with Gasteiger partial charge in [-0.25, -0.2) is 4.98 Å². The standard InChI is InChI=1S/C16H27N3/c1-12(17)13-5-8-18-15(11-13)19-9-6-14(7-10-19)16(2,3)4/h5,8,11-12,14H,6-7,9-10,17H2,1-4H3/t12-/m0/s1. The van der Waals surface area contributed by atoms with Crippen molar-refractivity contribution in [3.05, 3.63) is 23.9 Å². The van der Waals surface area contributed by atoms with Gasteiger partial charge >= 0.3 is 0 Å². The first-order valence-corrected chi connectivity index (χ1v) is 7.34. The van der Waals surface area contributed by atoms with E-state index in [0.29, 0.717) is 5.41 Å². The molecule has 0 aromatic carbocycles. The fraction of sp³-hybridized carbons (Fsp3) is 0.688. The van der Waals surface area contributed by atoms with E-state index in [1.807, 2.05) is 19.2 Å². The Balaban J connectivity index is 2.03. The van der Waals surface area contributed by atoms with Gasteiger partial charge in [-0.2, -0.15) is 0 Å². The second-order valence-corrected chi connectivity index (χ2v) is 6.86. The number of nitrogens with two attached hydrogens (primary N) is 1. The van der Waals surface area contributed by atoms with E-state index in [0.717, 1.165) is 24.8 Å². The van der Waals surface area contributed by atoms with E-state index in [1.54, 1.807) is 0 Å². The molecular weight excluding hydrogens is 234 g/mol. The van der Waals surface area contributed by atoms with Gasteiger partial charge in [-0.15, -0.1) is 0 Å². The summed E-state index contributed by atoms with van der Waals surface area (Å²) in [5, 5.41) is 0. The summed E-state index contributed by atoms with van der Waals surface area (Å²) in [5.41, 5.74) is 7.54. The summed E-state index contributed by atoms with van der Waals surface area (Å²) < 4.78 is 0. The first-order valence-electron chi connectivity index (χ1n) is 7.34. The summed E-state index contributed by atoms with van der Waals surface area (Å²) in [4.78, 5) is 6.90. The van der Waals surface area contributed by atoms with Crippen LogP contribution in [0.2, 0.25) is 0 Å². The van der Waals surface area contributed by atoms with Crippen LogP contribution in [0.1, 0.15) is 52.1 Å². The Kier molecular flexibility index (Phi) is 4.14. The number of hydrogen-bond donors (Lipinski definition) is 1. The third kappa shape index (κ3) is 3.47. The van der Waals surface area contributed by atoms with Gasteiger partial charge in [-0.1, -0.05) is 20.8 Å². The van der Waals surface area contributed by atoms with Crippen LogP contribution in [0.4, 0.5) is 5.82 Å². The van der Waals surface area contributed by atoms with Crippen LogP contribution in [0.5, 0.6) is 0 Å². The van der Waals surface area contributed by atoms with Crippen molar-refractivity contribution < 1.29 is 0 Å². The highest BCUT2D eigenvalue weighted by atomic mass is 15.2. The van der Waals surface area contributed by atoms with Gasteiger partial charge in [-0.05, 0) is 48.8 Å². The van der Waals surface area contributed by atoms with Crippen LogP contribution in [-0.2, 0) is 0 Å². The lowest BCUT2D eigenvalue weighted by Gasteiger charge is -2.39. The number of piperidine rings is 1. The average molecular weight is 261 g/mol. The number of nitrogens with zero attached hydrogens (tertiary/aromatic N) is 2. The molecule has 1 aliphatic rings. The fourth-order valence-corrected chi connectivity index (χ4v) is 2.86. The van der Waals surface area contributed by atoms with Gasteiger partial charge in [0.15, 0.2) is 0 Å². The van der Waals surface area contributed by atoms with E-state index in [9.17, 15) is 0 Å². The fourth-order valence-electron chi connectivity index (χ4n) is 2.86. The highest BCUT2D eigenvalue weighted by Crippen LogP contribution is 2.35. The lowest BCUT2D eigenvalue weighted by Crippen LogP contribution is -2.38. The molecule has 106 valence electrons. The minimum Gasteiger partial charge on any atom is -0.357 e. The topological polar surface area (TPSA) is 42.1 Å². The molecule has 1 aliphatic heterocycles. The molecule has 0 spiro atoms. The second-order valence-electron chi connectivity index (χ2n) is 6.86. The molecular formula is C16H27N3. The van der Waals surface area contributed by atoms with Crippen molar-refractivity contribution in [3.63, 3.8) is 0 Å². The van der Waals surface area contributed by atoms with Gasteiger partial charge in [0.2, 0.25) is 0 Å². The Morgan fingerprint density at radius 2 is 1.95 bits per heavy atom. The molecule has 0 amide bonds. The Morgan fingerprint density at radius 1 is 1.32 bits per heavy atom. The molecule has 3 heteroatoms. The summed E-state index contributed by atoms with van der Waals surface area (Å²) in [6.07, 6.45) is 4.39. The quantitative estimate of drug-likeness (QED) is 0.887. The molecule has 19 heavy (non-hydrogen) atoms. The van der Waals surface area contributed by atoms with Gasteiger partial charge in [0.05, 0.1) is 0 Å². The van der Waals surface area contributed by atoms with Crippen molar-refractivity contribution in [2.45, 2.75) is 46.6 Å². The maximum Gasteiger partial charge on any atom is 0.128 e. The Bertz CT molecular complexity index is 412. The van der Waals surface area contributed by atoms with Crippen LogP contribution in [-0.4, -0.2) is 18.1 Å². The minimum atomic E-state index is 0.0777. The lowest BCUT2D eigenvalue weighted by atomic mass is 9.75. The molecule has 1 aromatic rings. The van der Waals surface area contributed by atoms with E-state index in [-0.39, 0.29) is 6.04 Å². The van der Waals surface area contributed by atoms with Crippen molar-refractivity contribution in [3.8, 4) is 0 Å². The van der Waals surface area contributed by atoms with Crippen LogP contribution < -0.4 is 10.6 Å². The summed E-state index contributed by atoms with van der Waals surface area (Å²) in [6, 6.07) is 4.23. The maximum absolute atomic E-state index is 5.94. The number of anilines is 1. The smallest absolute Gasteiger partial charge is 0.128 e. The van der Waals surface area contributed by atoms with Gasteiger partial charge < -0.3 is 10.6 Å². The number of rotatable bonds is 2. The molecule has 1 aromatic heterocycles. The monoisotopic (exact) mass is 261 g/mol. The van der Waals surface area contributed by atoms with E-state index in [2.05, 4.69) is 36.7 Å². The molecule has 0 saturated carbocycles. The van der Waals surface area contributed by atoms with Crippen LogP contribution in [0.3, 0.4) is 0 Å². The third-order valence-electron chi connectivity index (χ3n) is 4.34. The number of hydrogen-bond acceptors (Lipinski definition) is 3. The molecule has 3 nitrogen and oxygen atoms in total. The Morgan fingerprint density at radius 3 is 2.47 bits per heavy atom. The molecule has 0 unspecified atom stereocenters. The molecule has 1 atom stereocenters. The largest absolute Gasteiger partial charge is 0.357 e. The Hall–Kier alpha value is -1.09. The van der Waals surface area contributed by atoms with Crippen molar-refractivity contribution in [2.24, 2.45) is 17.1 Å². The molecule has 2 rings (SSSR count). The zero-order valence-corrected chi connectivity index (χ0v) is 12.7. The lowest BCUT2D eigenvalue weighted by molar-refractivity contribution is 0.198. The normalized spacial score (nSPS) is 19.5. The third-order valence-corrected chi connectivity index (χ3v) is 4.34. The number of pyridine rings is 1. The number of aromatic nitrogens is 1. The van der Waals surface area contributed by atoms with E-state index in [1.165, 1.54) is 18.4 Å². The van der Waals surface area contributed by atoms with Crippen LogP contribution in [0.15, 0.2) is 18.3 Å². The van der Waals surface area contributed by atoms with Crippen molar-refractivity contribution in [2.75, 3.05) is 18.0 Å². The summed E-state index contributed by atoms with van der Waals surface area (Å²) in [5.74, 6) is 1.91. The van der Waals surface area contributed by atoms with Crippen molar-refractivity contribution >= 4 is 5.82 Å². The highest BCUT2D eigenvalue weighted by molar-refractivity contribution is 5.42. The highest BCUT2D eigenvalue weighted by Gasteiger charge is 2.29. The van der Waals surface area contributed by atoms with Gasteiger partial charge in [-0.3, -0.25) is 0 Å². The zero-order valence-electron chi connectivity index (χ0n) is 12.7.